The fourth-order valence-electron chi connectivity index (χ4n) is 2.23. The molecule has 2 heteroatoms. The Kier molecular flexibility index (Phi) is 4.19. The highest BCUT2D eigenvalue weighted by atomic mass is 16.3. The van der Waals surface area contributed by atoms with E-state index in [0.717, 1.165) is 25.3 Å². The fourth-order valence-corrected chi connectivity index (χ4v) is 2.23. The molecular formula is C13H27NO. The van der Waals surface area contributed by atoms with Crippen LogP contribution in [0.15, 0.2) is 0 Å². The summed E-state index contributed by atoms with van der Waals surface area (Å²) in [4.78, 5) is 0. The van der Waals surface area contributed by atoms with E-state index in [1.165, 1.54) is 19.3 Å². The molecule has 0 saturated heterocycles. The summed E-state index contributed by atoms with van der Waals surface area (Å²) in [5.41, 5.74) is -0.337. The molecular weight excluding hydrogens is 186 g/mol. The van der Waals surface area contributed by atoms with Gasteiger partial charge in [-0.25, -0.2) is 0 Å². The predicted molar refractivity (Wildman–Crippen MR) is 65.0 cm³/mol. The summed E-state index contributed by atoms with van der Waals surface area (Å²) in [6.45, 7) is 9.44. The summed E-state index contributed by atoms with van der Waals surface area (Å²) in [7, 11) is 0. The number of hydrogen-bond acceptors (Lipinski definition) is 2. The van der Waals surface area contributed by atoms with Gasteiger partial charge in [0.05, 0.1) is 5.60 Å². The lowest BCUT2D eigenvalue weighted by molar-refractivity contribution is -0.0129. The van der Waals surface area contributed by atoms with Crippen LogP contribution in [0.25, 0.3) is 0 Å². The van der Waals surface area contributed by atoms with Crippen molar-refractivity contribution >= 4 is 0 Å². The highest BCUT2D eigenvalue weighted by molar-refractivity contribution is 4.89. The highest BCUT2D eigenvalue weighted by Gasteiger charge is 2.33. The summed E-state index contributed by atoms with van der Waals surface area (Å²) in [5, 5.41) is 13.8. The Balaban J connectivity index is 2.35. The number of nitrogens with one attached hydrogen (secondary N) is 1. The number of rotatable bonds is 3. The molecule has 0 unspecified atom stereocenters. The van der Waals surface area contributed by atoms with Gasteiger partial charge in [-0.05, 0) is 52.4 Å². The molecule has 0 heterocycles. The van der Waals surface area contributed by atoms with Crippen LogP contribution in [0.5, 0.6) is 0 Å². The van der Waals surface area contributed by atoms with Crippen LogP contribution in [0.2, 0.25) is 0 Å². The molecule has 1 rings (SSSR count). The first-order chi connectivity index (χ1) is 6.85. The van der Waals surface area contributed by atoms with E-state index in [-0.39, 0.29) is 5.54 Å². The zero-order valence-corrected chi connectivity index (χ0v) is 10.8. The summed E-state index contributed by atoms with van der Waals surface area (Å²) in [6, 6.07) is 0. The predicted octanol–water partition coefficient (Wildman–Crippen LogP) is 2.71. The summed E-state index contributed by atoms with van der Waals surface area (Å²) >= 11 is 0. The van der Waals surface area contributed by atoms with E-state index in [1.807, 2.05) is 0 Å². The normalized spacial score (nSPS) is 33.0. The van der Waals surface area contributed by atoms with Crippen LogP contribution in [0.1, 0.15) is 59.8 Å². The Morgan fingerprint density at radius 3 is 2.20 bits per heavy atom. The number of aliphatic hydroxyl groups is 1. The maximum atomic E-state index is 10.4. The largest absolute Gasteiger partial charge is 0.389 e. The SMILES string of the molecule is CCC1CCC(O)(CNC(C)(C)C)CC1. The van der Waals surface area contributed by atoms with Crippen molar-refractivity contribution in [2.24, 2.45) is 5.92 Å². The highest BCUT2D eigenvalue weighted by Crippen LogP contribution is 2.33. The fraction of sp³-hybridized carbons (Fsp3) is 1.00. The van der Waals surface area contributed by atoms with Crippen molar-refractivity contribution < 1.29 is 5.11 Å². The van der Waals surface area contributed by atoms with Crippen molar-refractivity contribution in [2.45, 2.75) is 70.9 Å². The molecule has 0 aromatic rings. The molecule has 1 saturated carbocycles. The van der Waals surface area contributed by atoms with Gasteiger partial charge in [0.2, 0.25) is 0 Å². The first-order valence-corrected chi connectivity index (χ1v) is 6.32. The van der Waals surface area contributed by atoms with Gasteiger partial charge >= 0.3 is 0 Å². The van der Waals surface area contributed by atoms with Gasteiger partial charge in [0.15, 0.2) is 0 Å². The maximum Gasteiger partial charge on any atom is 0.0772 e. The van der Waals surface area contributed by atoms with Crippen LogP contribution >= 0.6 is 0 Å². The van der Waals surface area contributed by atoms with E-state index in [1.54, 1.807) is 0 Å². The summed E-state index contributed by atoms with van der Waals surface area (Å²) in [6.07, 6.45) is 5.59. The molecule has 0 radical (unpaired) electrons. The van der Waals surface area contributed by atoms with Crippen LogP contribution in [-0.2, 0) is 0 Å². The summed E-state index contributed by atoms with van der Waals surface area (Å²) in [5.74, 6) is 0.847. The first-order valence-electron chi connectivity index (χ1n) is 6.32. The van der Waals surface area contributed by atoms with Gasteiger partial charge < -0.3 is 10.4 Å². The molecule has 1 aliphatic rings. The topological polar surface area (TPSA) is 32.3 Å². The molecule has 0 aliphatic heterocycles. The molecule has 0 spiro atoms. The lowest BCUT2D eigenvalue weighted by Gasteiger charge is -2.38. The Morgan fingerprint density at radius 2 is 1.80 bits per heavy atom. The van der Waals surface area contributed by atoms with Crippen LogP contribution in [0, 0.1) is 5.92 Å². The molecule has 0 aromatic heterocycles. The zero-order chi connectivity index (χ0) is 11.5. The van der Waals surface area contributed by atoms with E-state index in [2.05, 4.69) is 33.0 Å². The van der Waals surface area contributed by atoms with Gasteiger partial charge in [0, 0.05) is 12.1 Å². The molecule has 1 aliphatic carbocycles. The lowest BCUT2D eigenvalue weighted by atomic mass is 9.77. The Morgan fingerprint density at radius 1 is 1.27 bits per heavy atom. The van der Waals surface area contributed by atoms with Gasteiger partial charge in [-0.2, -0.15) is 0 Å². The van der Waals surface area contributed by atoms with E-state index in [4.69, 9.17) is 0 Å². The molecule has 0 aromatic carbocycles. The van der Waals surface area contributed by atoms with Crippen molar-refractivity contribution in [1.29, 1.82) is 0 Å². The second kappa shape index (κ2) is 4.84. The smallest absolute Gasteiger partial charge is 0.0772 e. The van der Waals surface area contributed by atoms with Crippen molar-refractivity contribution in [3.8, 4) is 0 Å². The minimum Gasteiger partial charge on any atom is -0.389 e. The second-order valence-electron chi connectivity index (χ2n) is 6.18. The molecule has 0 amide bonds. The van der Waals surface area contributed by atoms with E-state index < -0.39 is 5.60 Å². The molecule has 90 valence electrons. The lowest BCUT2D eigenvalue weighted by Crippen LogP contribution is -2.49. The summed E-state index contributed by atoms with van der Waals surface area (Å²) < 4.78 is 0. The van der Waals surface area contributed by atoms with Crippen LogP contribution in [0.3, 0.4) is 0 Å². The van der Waals surface area contributed by atoms with Gasteiger partial charge in [0.1, 0.15) is 0 Å². The molecule has 0 atom stereocenters. The molecule has 0 bridgehead atoms. The average Bonchev–Trinajstić information content (AvgIpc) is 2.16. The van der Waals surface area contributed by atoms with Gasteiger partial charge in [-0.15, -0.1) is 0 Å². The van der Waals surface area contributed by atoms with Crippen molar-refractivity contribution in [1.82, 2.24) is 5.32 Å². The third kappa shape index (κ3) is 4.52. The second-order valence-corrected chi connectivity index (χ2v) is 6.18. The Labute approximate surface area is 94.5 Å². The number of hydrogen-bond donors (Lipinski definition) is 2. The molecule has 15 heavy (non-hydrogen) atoms. The minimum atomic E-state index is -0.445. The van der Waals surface area contributed by atoms with Crippen LogP contribution < -0.4 is 5.32 Å². The van der Waals surface area contributed by atoms with Crippen LogP contribution in [0.4, 0.5) is 0 Å². The third-order valence-corrected chi connectivity index (χ3v) is 3.56. The molecule has 2 N–H and O–H groups in total. The molecule has 2 nitrogen and oxygen atoms in total. The standard InChI is InChI=1S/C13H27NO/c1-5-11-6-8-13(15,9-7-11)10-14-12(2,3)4/h11,14-15H,5-10H2,1-4H3. The van der Waals surface area contributed by atoms with Crippen molar-refractivity contribution in [3.05, 3.63) is 0 Å². The molecule has 1 fully saturated rings. The van der Waals surface area contributed by atoms with E-state index in [9.17, 15) is 5.11 Å². The number of β-amino-alcohol motifs (C(OH)–C–C–N with tert-alkyl or cyclic N) is 1. The van der Waals surface area contributed by atoms with Gasteiger partial charge in [0.25, 0.3) is 0 Å². The zero-order valence-electron chi connectivity index (χ0n) is 10.8. The first kappa shape index (κ1) is 13.0. The third-order valence-electron chi connectivity index (χ3n) is 3.56. The van der Waals surface area contributed by atoms with Gasteiger partial charge in [-0.3, -0.25) is 0 Å². The van der Waals surface area contributed by atoms with Crippen molar-refractivity contribution in [2.75, 3.05) is 6.54 Å². The quantitative estimate of drug-likeness (QED) is 0.755. The monoisotopic (exact) mass is 213 g/mol. The Hall–Kier alpha value is -0.0800. The maximum absolute atomic E-state index is 10.4. The van der Waals surface area contributed by atoms with E-state index in [0.29, 0.717) is 0 Å². The van der Waals surface area contributed by atoms with Crippen LogP contribution in [-0.4, -0.2) is 22.8 Å². The average molecular weight is 213 g/mol. The van der Waals surface area contributed by atoms with E-state index >= 15 is 0 Å². The van der Waals surface area contributed by atoms with Crippen molar-refractivity contribution in [3.63, 3.8) is 0 Å². The van der Waals surface area contributed by atoms with Gasteiger partial charge in [-0.1, -0.05) is 13.3 Å². The minimum absolute atomic E-state index is 0.108. The Bertz CT molecular complexity index is 187.